The minimum atomic E-state index is -3.47. The molecule has 0 saturated carbocycles. The first-order valence-corrected chi connectivity index (χ1v) is 11.0. The van der Waals surface area contributed by atoms with Crippen LogP contribution in [0.2, 0.25) is 0 Å². The van der Waals surface area contributed by atoms with Crippen molar-refractivity contribution in [3.05, 3.63) is 53.6 Å². The van der Waals surface area contributed by atoms with Gasteiger partial charge >= 0.3 is 5.97 Å². The summed E-state index contributed by atoms with van der Waals surface area (Å²) >= 11 is 0. The number of anilines is 3. The number of hydrogen-bond acceptors (Lipinski definition) is 5. The van der Waals surface area contributed by atoms with Crippen LogP contribution < -0.4 is 14.5 Å². The van der Waals surface area contributed by atoms with Crippen LogP contribution in [0, 0.1) is 6.92 Å². The normalized spacial score (nSPS) is 17.5. The Bertz CT molecular complexity index is 991. The van der Waals surface area contributed by atoms with Crippen LogP contribution in [0.4, 0.5) is 17.1 Å². The first-order valence-electron chi connectivity index (χ1n) is 9.07. The van der Waals surface area contributed by atoms with Gasteiger partial charge in [-0.2, -0.15) is 0 Å². The lowest BCUT2D eigenvalue weighted by Crippen LogP contribution is -2.52. The molecule has 1 unspecified atom stereocenters. The molecule has 3 rings (SSSR count). The number of nitrogens with one attached hydrogen (secondary N) is 1. The van der Waals surface area contributed by atoms with E-state index in [0.29, 0.717) is 18.8 Å². The van der Waals surface area contributed by atoms with Crippen molar-refractivity contribution in [3.8, 4) is 0 Å². The Balaban J connectivity index is 1.83. The Hall–Kier alpha value is -2.74. The Kier molecular flexibility index (Phi) is 5.51. The van der Waals surface area contributed by atoms with Crippen molar-refractivity contribution in [2.45, 2.75) is 19.9 Å². The molecule has 1 aliphatic rings. The third kappa shape index (κ3) is 4.56. The van der Waals surface area contributed by atoms with E-state index in [0.717, 1.165) is 12.8 Å². The molecule has 1 atom stereocenters. The SMILES string of the molecule is Cc1cccc(N2CCN(c3ccc(NS(C)(=O)=O)cc3C(=O)O)CC2C)c1. The maximum atomic E-state index is 11.8. The Morgan fingerprint density at radius 2 is 1.93 bits per heavy atom. The molecule has 28 heavy (non-hydrogen) atoms. The van der Waals surface area contributed by atoms with Crippen LogP contribution in [0.5, 0.6) is 0 Å². The van der Waals surface area contributed by atoms with Crippen LogP contribution in [0.15, 0.2) is 42.5 Å². The van der Waals surface area contributed by atoms with Gasteiger partial charge in [0.15, 0.2) is 0 Å². The molecule has 1 fully saturated rings. The van der Waals surface area contributed by atoms with E-state index in [2.05, 4.69) is 41.7 Å². The number of sulfonamides is 1. The number of hydrogen-bond donors (Lipinski definition) is 2. The fourth-order valence-electron chi connectivity index (χ4n) is 3.63. The lowest BCUT2D eigenvalue weighted by atomic mass is 10.1. The van der Waals surface area contributed by atoms with Gasteiger partial charge in [-0.25, -0.2) is 13.2 Å². The summed E-state index contributed by atoms with van der Waals surface area (Å²) in [5.74, 6) is -1.08. The summed E-state index contributed by atoms with van der Waals surface area (Å²) < 4.78 is 25.2. The molecule has 2 aromatic rings. The highest BCUT2D eigenvalue weighted by molar-refractivity contribution is 7.92. The smallest absolute Gasteiger partial charge is 0.337 e. The Labute approximate surface area is 165 Å². The number of nitrogens with zero attached hydrogens (tertiary/aromatic N) is 2. The first kappa shape index (κ1) is 20.0. The molecule has 1 aliphatic heterocycles. The standard InChI is InChI=1S/C20H25N3O4S/c1-14-5-4-6-17(11-14)23-10-9-22(13-15(23)2)19-8-7-16(21-28(3,26)27)12-18(19)20(24)25/h4-8,11-12,15,21H,9-10,13H2,1-3H3,(H,24,25). The number of carbonyl (C=O) groups is 1. The van der Waals surface area contributed by atoms with Crippen molar-refractivity contribution in [1.82, 2.24) is 0 Å². The molecule has 150 valence electrons. The largest absolute Gasteiger partial charge is 0.478 e. The van der Waals surface area contributed by atoms with Gasteiger partial charge in [-0.1, -0.05) is 12.1 Å². The molecule has 1 saturated heterocycles. The predicted molar refractivity (Wildman–Crippen MR) is 112 cm³/mol. The highest BCUT2D eigenvalue weighted by Gasteiger charge is 2.27. The zero-order valence-electron chi connectivity index (χ0n) is 16.2. The average Bonchev–Trinajstić information content (AvgIpc) is 2.60. The maximum absolute atomic E-state index is 11.8. The van der Waals surface area contributed by atoms with Crippen LogP contribution in [-0.2, 0) is 10.0 Å². The third-order valence-electron chi connectivity index (χ3n) is 4.83. The number of benzene rings is 2. The van der Waals surface area contributed by atoms with Gasteiger partial charge in [0, 0.05) is 37.1 Å². The zero-order valence-corrected chi connectivity index (χ0v) is 17.0. The summed E-state index contributed by atoms with van der Waals surface area (Å²) in [5.41, 5.74) is 3.30. The van der Waals surface area contributed by atoms with Gasteiger partial charge in [0.1, 0.15) is 0 Å². The fourth-order valence-corrected chi connectivity index (χ4v) is 4.18. The highest BCUT2D eigenvalue weighted by atomic mass is 32.2. The van der Waals surface area contributed by atoms with E-state index in [4.69, 9.17) is 0 Å². The molecule has 0 radical (unpaired) electrons. The van der Waals surface area contributed by atoms with Gasteiger partial charge in [0.05, 0.1) is 17.5 Å². The van der Waals surface area contributed by atoms with Gasteiger partial charge in [-0.05, 0) is 49.7 Å². The first-order chi connectivity index (χ1) is 13.1. The molecule has 7 nitrogen and oxygen atoms in total. The van der Waals surface area contributed by atoms with Crippen molar-refractivity contribution in [1.29, 1.82) is 0 Å². The second kappa shape index (κ2) is 7.71. The van der Waals surface area contributed by atoms with Gasteiger partial charge in [-0.15, -0.1) is 0 Å². The van der Waals surface area contributed by atoms with E-state index >= 15 is 0 Å². The van der Waals surface area contributed by atoms with Crippen molar-refractivity contribution >= 4 is 33.1 Å². The lowest BCUT2D eigenvalue weighted by Gasteiger charge is -2.42. The molecule has 0 bridgehead atoms. The quantitative estimate of drug-likeness (QED) is 0.798. The average molecular weight is 404 g/mol. The number of aryl methyl sites for hydroxylation is 1. The molecular formula is C20H25N3O4S. The van der Waals surface area contributed by atoms with Crippen molar-refractivity contribution in [2.24, 2.45) is 0 Å². The van der Waals surface area contributed by atoms with E-state index in [1.807, 2.05) is 11.0 Å². The van der Waals surface area contributed by atoms with Crippen LogP contribution in [0.25, 0.3) is 0 Å². The van der Waals surface area contributed by atoms with Crippen molar-refractivity contribution in [3.63, 3.8) is 0 Å². The van der Waals surface area contributed by atoms with Crippen LogP contribution in [-0.4, -0.2) is 51.4 Å². The zero-order chi connectivity index (χ0) is 20.5. The molecule has 0 spiro atoms. The summed E-state index contributed by atoms with van der Waals surface area (Å²) in [6.07, 6.45) is 1.04. The predicted octanol–water partition coefficient (Wildman–Crippen LogP) is 2.78. The molecule has 0 aliphatic carbocycles. The minimum Gasteiger partial charge on any atom is -0.478 e. The number of carboxylic acids is 1. The monoisotopic (exact) mass is 403 g/mol. The summed E-state index contributed by atoms with van der Waals surface area (Å²) in [6.45, 7) is 6.31. The van der Waals surface area contributed by atoms with E-state index in [-0.39, 0.29) is 17.3 Å². The van der Waals surface area contributed by atoms with Gasteiger partial charge < -0.3 is 14.9 Å². The highest BCUT2D eigenvalue weighted by Crippen LogP contribution is 2.29. The van der Waals surface area contributed by atoms with Crippen LogP contribution >= 0.6 is 0 Å². The Morgan fingerprint density at radius 1 is 1.18 bits per heavy atom. The number of carboxylic acid groups (broad SMARTS) is 1. The van der Waals surface area contributed by atoms with Crippen molar-refractivity contribution in [2.75, 3.05) is 40.4 Å². The van der Waals surface area contributed by atoms with E-state index in [1.165, 1.54) is 17.3 Å². The summed E-state index contributed by atoms with van der Waals surface area (Å²) in [7, 11) is -3.47. The minimum absolute atomic E-state index is 0.0878. The molecule has 8 heteroatoms. The van der Waals surface area contributed by atoms with Gasteiger partial charge in [-0.3, -0.25) is 4.72 Å². The molecule has 2 aromatic carbocycles. The topological polar surface area (TPSA) is 90.0 Å². The molecule has 0 amide bonds. The van der Waals surface area contributed by atoms with E-state index in [9.17, 15) is 18.3 Å². The molecular weight excluding hydrogens is 378 g/mol. The van der Waals surface area contributed by atoms with Crippen LogP contribution in [0.1, 0.15) is 22.8 Å². The summed E-state index contributed by atoms with van der Waals surface area (Å²) in [6, 6.07) is 13.2. The second-order valence-electron chi connectivity index (χ2n) is 7.24. The number of rotatable bonds is 5. The fraction of sp³-hybridized carbons (Fsp3) is 0.350. The summed E-state index contributed by atoms with van der Waals surface area (Å²) in [4.78, 5) is 16.1. The summed E-state index contributed by atoms with van der Waals surface area (Å²) in [5, 5.41) is 9.63. The van der Waals surface area contributed by atoms with Gasteiger partial charge in [0.2, 0.25) is 10.0 Å². The number of aromatic carboxylic acids is 1. The molecule has 2 N–H and O–H groups in total. The molecule has 1 heterocycles. The lowest BCUT2D eigenvalue weighted by molar-refractivity contribution is 0.0697. The third-order valence-corrected chi connectivity index (χ3v) is 5.44. The van der Waals surface area contributed by atoms with Crippen LogP contribution in [0.3, 0.4) is 0 Å². The number of piperazine rings is 1. The van der Waals surface area contributed by atoms with Crippen molar-refractivity contribution < 1.29 is 18.3 Å². The van der Waals surface area contributed by atoms with Gasteiger partial charge in [0.25, 0.3) is 0 Å². The maximum Gasteiger partial charge on any atom is 0.337 e. The van der Waals surface area contributed by atoms with E-state index < -0.39 is 16.0 Å². The Morgan fingerprint density at radius 3 is 2.54 bits per heavy atom. The second-order valence-corrected chi connectivity index (χ2v) is 8.99. The van der Waals surface area contributed by atoms with E-state index in [1.54, 1.807) is 12.1 Å². The molecule has 0 aromatic heterocycles.